The van der Waals surface area contributed by atoms with Crippen molar-refractivity contribution in [2.75, 3.05) is 7.11 Å². The molecule has 23 heavy (non-hydrogen) atoms. The molecule has 1 aromatic heterocycles. The van der Waals surface area contributed by atoms with Gasteiger partial charge < -0.3 is 19.4 Å². The molecule has 0 fully saturated rings. The zero-order valence-corrected chi connectivity index (χ0v) is 12.1. The van der Waals surface area contributed by atoms with Crippen LogP contribution in [0.15, 0.2) is 40.8 Å². The maximum Gasteiger partial charge on any atom is 0.340 e. The number of hydrogen-bond acceptors (Lipinski definition) is 5. The third kappa shape index (κ3) is 2.40. The van der Waals surface area contributed by atoms with Gasteiger partial charge in [-0.05, 0) is 36.4 Å². The number of aromatic hydroxyl groups is 1. The van der Waals surface area contributed by atoms with Crippen molar-refractivity contribution in [1.82, 2.24) is 0 Å². The van der Waals surface area contributed by atoms with Crippen LogP contribution in [0.3, 0.4) is 0 Å². The topological polar surface area (TPSA) is 97.0 Å². The summed E-state index contributed by atoms with van der Waals surface area (Å²) in [5, 5.41) is 19.4. The number of carboxylic acids is 1. The number of rotatable bonds is 4. The molecule has 0 radical (unpaired) electrons. The van der Waals surface area contributed by atoms with Gasteiger partial charge in [-0.1, -0.05) is 0 Å². The highest BCUT2D eigenvalue weighted by molar-refractivity contribution is 6.09. The second kappa shape index (κ2) is 5.49. The van der Waals surface area contributed by atoms with Crippen LogP contribution in [-0.4, -0.2) is 29.6 Å². The largest absolute Gasteiger partial charge is 0.508 e. The maximum absolute atomic E-state index is 11.6. The molecule has 2 N–H and O–H groups in total. The molecule has 0 spiro atoms. The van der Waals surface area contributed by atoms with Gasteiger partial charge in [0.1, 0.15) is 22.6 Å². The van der Waals surface area contributed by atoms with Gasteiger partial charge in [-0.3, -0.25) is 4.79 Å². The number of carbonyl (C=O) groups is 2. The van der Waals surface area contributed by atoms with Gasteiger partial charge >= 0.3 is 5.97 Å². The highest BCUT2D eigenvalue weighted by Crippen LogP contribution is 2.37. The summed E-state index contributed by atoms with van der Waals surface area (Å²) in [5.41, 5.74) is 0.788. The zero-order chi connectivity index (χ0) is 16.6. The van der Waals surface area contributed by atoms with Crippen LogP contribution in [0.2, 0.25) is 0 Å². The number of furan rings is 1. The molecule has 3 rings (SSSR count). The summed E-state index contributed by atoms with van der Waals surface area (Å²) in [6.45, 7) is 0. The minimum Gasteiger partial charge on any atom is -0.508 e. The molecular formula is C17H12O6. The molecule has 0 bridgehead atoms. The summed E-state index contributed by atoms with van der Waals surface area (Å²) in [6.07, 6.45) is 0.605. The molecule has 0 unspecified atom stereocenters. The molecule has 0 aliphatic carbocycles. The van der Waals surface area contributed by atoms with E-state index in [1.807, 2.05) is 0 Å². The fraction of sp³-hybridized carbons (Fsp3) is 0.0588. The first-order chi connectivity index (χ1) is 11.0. The summed E-state index contributed by atoms with van der Waals surface area (Å²) in [4.78, 5) is 23.0. The average molecular weight is 312 g/mol. The van der Waals surface area contributed by atoms with Crippen LogP contribution in [0.5, 0.6) is 11.5 Å². The van der Waals surface area contributed by atoms with Crippen LogP contribution in [-0.2, 0) is 0 Å². The lowest BCUT2D eigenvalue weighted by Gasteiger charge is -2.06. The maximum atomic E-state index is 11.6. The molecule has 0 saturated carbocycles. The third-order valence-electron chi connectivity index (χ3n) is 3.52. The number of phenols is 1. The number of carbonyl (C=O) groups excluding carboxylic acids is 1. The minimum atomic E-state index is -1.21. The zero-order valence-electron chi connectivity index (χ0n) is 12.1. The van der Waals surface area contributed by atoms with Gasteiger partial charge in [-0.2, -0.15) is 0 Å². The van der Waals surface area contributed by atoms with Crippen molar-refractivity contribution in [3.05, 3.63) is 47.5 Å². The Labute approximate surface area is 130 Å². The summed E-state index contributed by atoms with van der Waals surface area (Å²) >= 11 is 0. The lowest BCUT2D eigenvalue weighted by Crippen LogP contribution is -1.99. The molecule has 116 valence electrons. The summed E-state index contributed by atoms with van der Waals surface area (Å²) < 4.78 is 10.7. The van der Waals surface area contributed by atoms with E-state index in [1.54, 1.807) is 12.1 Å². The van der Waals surface area contributed by atoms with Crippen molar-refractivity contribution >= 4 is 23.2 Å². The quantitative estimate of drug-likeness (QED) is 0.717. The Hall–Kier alpha value is -3.28. The SMILES string of the molecule is COc1ccc(-c2oc3ccc(O)cc3c2C(=O)O)c(C=O)c1. The van der Waals surface area contributed by atoms with Gasteiger partial charge in [0, 0.05) is 16.5 Å². The van der Waals surface area contributed by atoms with E-state index < -0.39 is 5.97 Å². The molecule has 6 heteroatoms. The predicted molar refractivity (Wildman–Crippen MR) is 82.2 cm³/mol. The highest BCUT2D eigenvalue weighted by atomic mass is 16.5. The summed E-state index contributed by atoms with van der Waals surface area (Å²) in [7, 11) is 1.47. The fourth-order valence-electron chi connectivity index (χ4n) is 2.46. The number of benzene rings is 2. The van der Waals surface area contributed by atoms with E-state index in [0.717, 1.165) is 0 Å². The standard InChI is InChI=1S/C17H12O6/c1-22-11-3-4-12(9(6-11)8-18)16-15(17(20)21)13-7-10(19)2-5-14(13)23-16/h2-8,19H,1H3,(H,20,21). The Bertz CT molecular complexity index is 922. The number of aromatic carboxylic acids is 1. The normalized spacial score (nSPS) is 10.7. The van der Waals surface area contributed by atoms with Crippen molar-refractivity contribution in [2.45, 2.75) is 0 Å². The molecule has 0 aliphatic heterocycles. The third-order valence-corrected chi connectivity index (χ3v) is 3.52. The smallest absolute Gasteiger partial charge is 0.340 e. The molecule has 1 heterocycles. The molecule has 0 amide bonds. The first kappa shape index (κ1) is 14.6. The van der Waals surface area contributed by atoms with Crippen LogP contribution in [0.25, 0.3) is 22.3 Å². The number of phenolic OH excluding ortho intramolecular Hbond substituents is 1. The van der Waals surface area contributed by atoms with Crippen LogP contribution >= 0.6 is 0 Å². The second-order valence-corrected chi connectivity index (χ2v) is 4.86. The summed E-state index contributed by atoms with van der Waals surface area (Å²) in [6, 6.07) is 8.86. The van der Waals surface area contributed by atoms with Gasteiger partial charge in [0.05, 0.1) is 7.11 Å². The number of carboxylic acid groups (broad SMARTS) is 1. The fourth-order valence-corrected chi connectivity index (χ4v) is 2.46. The van der Waals surface area contributed by atoms with Crippen molar-refractivity contribution < 1.29 is 29.0 Å². The van der Waals surface area contributed by atoms with Gasteiger partial charge in [0.15, 0.2) is 12.0 Å². The Morgan fingerprint density at radius 1 is 1.22 bits per heavy atom. The van der Waals surface area contributed by atoms with Crippen molar-refractivity contribution in [3.63, 3.8) is 0 Å². The number of ether oxygens (including phenoxy) is 1. The lowest BCUT2D eigenvalue weighted by molar-refractivity contribution is 0.0699. The van der Waals surface area contributed by atoms with Crippen LogP contribution in [0.4, 0.5) is 0 Å². The first-order valence-electron chi connectivity index (χ1n) is 6.67. The Balaban J connectivity index is 2.34. The Morgan fingerprint density at radius 2 is 2.00 bits per heavy atom. The molecule has 0 saturated heterocycles. The predicted octanol–water partition coefficient (Wildman–Crippen LogP) is 3.32. The second-order valence-electron chi connectivity index (χ2n) is 4.86. The van der Waals surface area contributed by atoms with Crippen molar-refractivity contribution in [3.8, 4) is 22.8 Å². The van der Waals surface area contributed by atoms with E-state index in [-0.39, 0.29) is 28.0 Å². The highest BCUT2D eigenvalue weighted by Gasteiger charge is 2.23. The van der Waals surface area contributed by atoms with E-state index in [4.69, 9.17) is 9.15 Å². The van der Waals surface area contributed by atoms with E-state index >= 15 is 0 Å². The van der Waals surface area contributed by atoms with Crippen LogP contribution in [0, 0.1) is 0 Å². The average Bonchev–Trinajstić information content (AvgIpc) is 2.92. The van der Waals surface area contributed by atoms with Crippen molar-refractivity contribution in [2.24, 2.45) is 0 Å². The lowest BCUT2D eigenvalue weighted by atomic mass is 10.0. The van der Waals surface area contributed by atoms with E-state index in [1.165, 1.54) is 31.4 Å². The molecule has 0 atom stereocenters. The Kier molecular flexibility index (Phi) is 3.50. The number of aldehydes is 1. The van der Waals surface area contributed by atoms with E-state index in [2.05, 4.69) is 0 Å². The monoisotopic (exact) mass is 312 g/mol. The molecular weight excluding hydrogens is 300 g/mol. The van der Waals surface area contributed by atoms with Crippen molar-refractivity contribution in [1.29, 1.82) is 0 Å². The summed E-state index contributed by atoms with van der Waals surface area (Å²) in [5.74, 6) is -0.751. The first-order valence-corrected chi connectivity index (χ1v) is 6.67. The molecule has 3 aromatic rings. The molecule has 0 aliphatic rings. The molecule has 6 nitrogen and oxygen atoms in total. The van der Waals surface area contributed by atoms with E-state index in [9.17, 15) is 19.8 Å². The van der Waals surface area contributed by atoms with Crippen LogP contribution in [0.1, 0.15) is 20.7 Å². The van der Waals surface area contributed by atoms with Crippen LogP contribution < -0.4 is 4.74 Å². The van der Waals surface area contributed by atoms with Gasteiger partial charge in [-0.15, -0.1) is 0 Å². The van der Waals surface area contributed by atoms with E-state index in [0.29, 0.717) is 23.2 Å². The Morgan fingerprint density at radius 3 is 2.65 bits per heavy atom. The number of methoxy groups -OCH3 is 1. The minimum absolute atomic E-state index is 0.0582. The van der Waals surface area contributed by atoms with Gasteiger partial charge in [0.25, 0.3) is 0 Å². The number of fused-ring (bicyclic) bond motifs is 1. The number of hydrogen-bond donors (Lipinski definition) is 2. The van der Waals surface area contributed by atoms with Gasteiger partial charge in [0.2, 0.25) is 0 Å². The molecule has 2 aromatic carbocycles. The van der Waals surface area contributed by atoms with Gasteiger partial charge in [-0.25, -0.2) is 4.79 Å².